The predicted octanol–water partition coefficient (Wildman–Crippen LogP) is 2.53. The molecule has 2 aromatic carbocycles. The third-order valence-electron chi connectivity index (χ3n) is 3.07. The Balaban J connectivity index is 1.85. The first-order chi connectivity index (χ1) is 10.2. The molecule has 0 atom stereocenters. The number of methoxy groups -OCH3 is 1. The molecule has 1 amide bonds. The number of carbonyl (C=O) groups is 1. The Morgan fingerprint density at radius 3 is 2.81 bits per heavy atom. The first-order valence-electron chi connectivity index (χ1n) is 6.30. The van der Waals surface area contributed by atoms with Crippen molar-refractivity contribution in [2.75, 3.05) is 12.4 Å². The largest absolute Gasteiger partial charge is 0.507 e. The van der Waals surface area contributed by atoms with Gasteiger partial charge in [-0.25, -0.2) is 4.98 Å². The van der Waals surface area contributed by atoms with E-state index in [0.717, 1.165) is 11.0 Å². The van der Waals surface area contributed by atoms with Crippen LogP contribution in [-0.2, 0) is 0 Å². The fraction of sp³-hybridized carbons (Fsp3) is 0.0667. The van der Waals surface area contributed by atoms with Crippen molar-refractivity contribution in [3.05, 3.63) is 48.0 Å². The summed E-state index contributed by atoms with van der Waals surface area (Å²) < 4.78 is 4.98. The van der Waals surface area contributed by atoms with Crippen LogP contribution in [0.2, 0.25) is 0 Å². The summed E-state index contributed by atoms with van der Waals surface area (Å²) in [5.41, 5.74) is 1.73. The number of nitrogens with one attached hydrogen (secondary N) is 2. The lowest BCUT2D eigenvalue weighted by molar-refractivity contribution is 0.102. The molecule has 1 heterocycles. The highest BCUT2D eigenvalue weighted by molar-refractivity contribution is 6.05. The van der Waals surface area contributed by atoms with Crippen LogP contribution in [0, 0.1) is 0 Å². The molecule has 3 rings (SSSR count). The molecule has 0 radical (unpaired) electrons. The number of aromatic amines is 1. The zero-order valence-electron chi connectivity index (χ0n) is 11.3. The van der Waals surface area contributed by atoms with E-state index in [0.29, 0.717) is 11.7 Å². The Labute approximate surface area is 120 Å². The van der Waals surface area contributed by atoms with E-state index in [1.807, 2.05) is 24.3 Å². The summed E-state index contributed by atoms with van der Waals surface area (Å²) in [6, 6.07) is 11.9. The third kappa shape index (κ3) is 2.51. The molecule has 0 saturated heterocycles. The van der Waals surface area contributed by atoms with Crippen LogP contribution in [0.4, 0.5) is 5.95 Å². The number of benzene rings is 2. The standard InChI is InChI=1S/C15H13N3O3/c1-21-9-6-7-10(13(19)8-9)14(20)18-15-16-11-4-2-3-5-12(11)17-15/h2-8,19H,1H3,(H2,16,17,18,20). The number of aromatic nitrogens is 2. The average molecular weight is 283 g/mol. The van der Waals surface area contributed by atoms with Crippen LogP contribution in [0.1, 0.15) is 10.4 Å². The number of aromatic hydroxyl groups is 1. The van der Waals surface area contributed by atoms with Gasteiger partial charge in [0, 0.05) is 6.07 Å². The molecule has 0 aliphatic carbocycles. The maximum atomic E-state index is 12.1. The van der Waals surface area contributed by atoms with E-state index in [4.69, 9.17) is 4.74 Å². The van der Waals surface area contributed by atoms with Crippen molar-refractivity contribution in [2.45, 2.75) is 0 Å². The van der Waals surface area contributed by atoms with Crippen LogP contribution >= 0.6 is 0 Å². The van der Waals surface area contributed by atoms with Gasteiger partial charge in [0.05, 0.1) is 23.7 Å². The molecule has 106 valence electrons. The maximum absolute atomic E-state index is 12.1. The van der Waals surface area contributed by atoms with E-state index < -0.39 is 5.91 Å². The van der Waals surface area contributed by atoms with E-state index in [-0.39, 0.29) is 11.3 Å². The quantitative estimate of drug-likeness (QED) is 0.689. The number of H-pyrrole nitrogens is 1. The number of rotatable bonds is 3. The van der Waals surface area contributed by atoms with E-state index in [1.54, 1.807) is 6.07 Å². The van der Waals surface area contributed by atoms with Crippen LogP contribution in [0.25, 0.3) is 11.0 Å². The van der Waals surface area contributed by atoms with E-state index in [2.05, 4.69) is 15.3 Å². The van der Waals surface area contributed by atoms with Crippen LogP contribution in [-0.4, -0.2) is 28.1 Å². The number of phenolic OH excluding ortho intramolecular Hbond substituents is 1. The summed E-state index contributed by atoms with van der Waals surface area (Å²) in [6.07, 6.45) is 0. The second-order valence-corrected chi connectivity index (χ2v) is 4.44. The van der Waals surface area contributed by atoms with Crippen LogP contribution < -0.4 is 10.1 Å². The number of hydrogen-bond donors (Lipinski definition) is 3. The Kier molecular flexibility index (Phi) is 3.19. The predicted molar refractivity (Wildman–Crippen MR) is 78.7 cm³/mol. The van der Waals surface area contributed by atoms with Gasteiger partial charge in [0.1, 0.15) is 11.5 Å². The zero-order valence-corrected chi connectivity index (χ0v) is 11.3. The van der Waals surface area contributed by atoms with Gasteiger partial charge in [0.25, 0.3) is 5.91 Å². The number of anilines is 1. The van der Waals surface area contributed by atoms with Gasteiger partial charge in [-0.1, -0.05) is 12.1 Å². The van der Waals surface area contributed by atoms with Crippen molar-refractivity contribution in [3.63, 3.8) is 0 Å². The van der Waals surface area contributed by atoms with Crippen LogP contribution in [0.3, 0.4) is 0 Å². The van der Waals surface area contributed by atoms with Crippen molar-refractivity contribution >= 4 is 22.9 Å². The van der Waals surface area contributed by atoms with E-state index >= 15 is 0 Å². The van der Waals surface area contributed by atoms with Gasteiger partial charge in [-0.3, -0.25) is 10.1 Å². The molecular formula is C15H13N3O3. The topological polar surface area (TPSA) is 87.2 Å². The minimum absolute atomic E-state index is 0.149. The average Bonchev–Trinajstić information content (AvgIpc) is 2.88. The summed E-state index contributed by atoms with van der Waals surface area (Å²) in [5.74, 6) is 0.210. The number of para-hydroxylation sites is 2. The third-order valence-corrected chi connectivity index (χ3v) is 3.07. The normalized spacial score (nSPS) is 10.5. The fourth-order valence-electron chi connectivity index (χ4n) is 2.02. The summed E-state index contributed by atoms with van der Waals surface area (Å²) in [4.78, 5) is 19.4. The highest BCUT2D eigenvalue weighted by Crippen LogP contribution is 2.24. The van der Waals surface area contributed by atoms with Crippen molar-refractivity contribution in [2.24, 2.45) is 0 Å². The summed E-state index contributed by atoms with van der Waals surface area (Å²) in [5, 5.41) is 12.5. The number of hydrogen-bond acceptors (Lipinski definition) is 4. The molecule has 0 saturated carbocycles. The lowest BCUT2D eigenvalue weighted by atomic mass is 10.2. The van der Waals surface area contributed by atoms with Crippen molar-refractivity contribution < 1.29 is 14.6 Å². The Morgan fingerprint density at radius 2 is 2.10 bits per heavy atom. The number of carbonyl (C=O) groups excluding carboxylic acids is 1. The highest BCUT2D eigenvalue weighted by Gasteiger charge is 2.14. The summed E-state index contributed by atoms with van der Waals surface area (Å²) >= 11 is 0. The molecule has 0 bridgehead atoms. The fourth-order valence-corrected chi connectivity index (χ4v) is 2.02. The minimum atomic E-state index is -0.450. The molecule has 0 spiro atoms. The molecule has 0 fully saturated rings. The van der Waals surface area contributed by atoms with Gasteiger partial charge in [-0.2, -0.15) is 0 Å². The smallest absolute Gasteiger partial charge is 0.261 e. The number of nitrogens with zero attached hydrogens (tertiary/aromatic N) is 1. The molecule has 6 heteroatoms. The van der Waals surface area contributed by atoms with Gasteiger partial charge in [0.15, 0.2) is 0 Å². The van der Waals surface area contributed by atoms with E-state index in [9.17, 15) is 9.90 Å². The molecule has 0 aliphatic rings. The molecular weight excluding hydrogens is 270 g/mol. The molecule has 0 aliphatic heterocycles. The van der Waals surface area contributed by atoms with Crippen LogP contribution in [0.5, 0.6) is 11.5 Å². The minimum Gasteiger partial charge on any atom is -0.507 e. The maximum Gasteiger partial charge on any atom is 0.261 e. The molecule has 1 aromatic heterocycles. The van der Waals surface area contributed by atoms with Crippen LogP contribution in [0.15, 0.2) is 42.5 Å². The van der Waals surface area contributed by atoms with Gasteiger partial charge in [-0.15, -0.1) is 0 Å². The molecule has 21 heavy (non-hydrogen) atoms. The number of phenols is 1. The number of ether oxygens (including phenoxy) is 1. The SMILES string of the molecule is COc1ccc(C(=O)Nc2nc3ccccc3[nH]2)c(O)c1. The van der Waals surface area contributed by atoms with Gasteiger partial charge < -0.3 is 14.8 Å². The Bertz CT molecular complexity index is 778. The first kappa shape index (κ1) is 13.0. The second-order valence-electron chi connectivity index (χ2n) is 4.44. The first-order valence-corrected chi connectivity index (χ1v) is 6.30. The second kappa shape index (κ2) is 5.16. The highest BCUT2D eigenvalue weighted by atomic mass is 16.5. The summed E-state index contributed by atoms with van der Waals surface area (Å²) in [6.45, 7) is 0. The summed E-state index contributed by atoms with van der Waals surface area (Å²) in [7, 11) is 1.49. The molecule has 0 unspecified atom stereocenters. The molecule has 6 nitrogen and oxygen atoms in total. The lowest BCUT2D eigenvalue weighted by Gasteiger charge is -2.06. The van der Waals surface area contributed by atoms with Gasteiger partial charge in [0.2, 0.25) is 5.95 Å². The lowest BCUT2D eigenvalue weighted by Crippen LogP contribution is -2.13. The number of fused-ring (bicyclic) bond motifs is 1. The van der Waals surface area contributed by atoms with Crippen molar-refractivity contribution in [1.82, 2.24) is 9.97 Å². The molecule has 3 aromatic rings. The number of amides is 1. The van der Waals surface area contributed by atoms with Gasteiger partial charge >= 0.3 is 0 Å². The Hall–Kier alpha value is -3.02. The Morgan fingerprint density at radius 1 is 1.29 bits per heavy atom. The monoisotopic (exact) mass is 283 g/mol. The molecule has 3 N–H and O–H groups in total. The van der Waals surface area contributed by atoms with Crippen molar-refractivity contribution in [3.8, 4) is 11.5 Å². The number of imidazole rings is 1. The zero-order chi connectivity index (χ0) is 14.8. The van der Waals surface area contributed by atoms with E-state index in [1.165, 1.54) is 19.2 Å². The van der Waals surface area contributed by atoms with Crippen molar-refractivity contribution in [1.29, 1.82) is 0 Å². The van der Waals surface area contributed by atoms with Gasteiger partial charge in [-0.05, 0) is 24.3 Å².